The van der Waals surface area contributed by atoms with E-state index in [-0.39, 0.29) is 29.0 Å². The molecule has 7 heteroatoms. The third-order valence-corrected chi connectivity index (χ3v) is 8.32. The average Bonchev–Trinajstić information content (AvgIpc) is 3.23. The number of rotatable bonds is 6. The molecule has 4 saturated carbocycles. The molecular formula is C26H35N3O4. The molecule has 6 rings (SSSR count). The fraction of sp³-hybridized carbons (Fsp3) is 0.654. The van der Waals surface area contributed by atoms with Crippen molar-refractivity contribution < 1.29 is 19.5 Å². The third-order valence-electron chi connectivity index (χ3n) is 8.32. The van der Waals surface area contributed by atoms with Crippen LogP contribution in [-0.4, -0.2) is 51.9 Å². The second-order valence-electron chi connectivity index (χ2n) is 11.0. The first kappa shape index (κ1) is 22.2. The van der Waals surface area contributed by atoms with Gasteiger partial charge in [0.05, 0.1) is 0 Å². The summed E-state index contributed by atoms with van der Waals surface area (Å²) >= 11 is 0. The predicted molar refractivity (Wildman–Crippen MR) is 123 cm³/mol. The van der Waals surface area contributed by atoms with Crippen molar-refractivity contribution in [3.63, 3.8) is 0 Å². The van der Waals surface area contributed by atoms with Gasteiger partial charge in [-0.3, -0.25) is 14.4 Å². The summed E-state index contributed by atoms with van der Waals surface area (Å²) in [5.41, 5.74) is 0.764. The van der Waals surface area contributed by atoms with E-state index in [9.17, 15) is 19.5 Å². The molecule has 5 aliphatic rings. The van der Waals surface area contributed by atoms with Gasteiger partial charge in [0.1, 0.15) is 17.8 Å². The number of hydrogen-bond donors (Lipinski definition) is 3. The minimum atomic E-state index is -0.736. The molecule has 1 saturated heterocycles. The Hall–Kier alpha value is -2.57. The molecule has 5 fully saturated rings. The number of aromatic hydroxyl groups is 1. The fourth-order valence-corrected chi connectivity index (χ4v) is 7.42. The van der Waals surface area contributed by atoms with Crippen LogP contribution in [0.5, 0.6) is 5.75 Å². The lowest BCUT2D eigenvalue weighted by atomic mass is 9.53. The topological polar surface area (TPSA) is 98.7 Å². The molecule has 0 radical (unpaired) electrons. The van der Waals surface area contributed by atoms with Gasteiger partial charge in [0.2, 0.25) is 17.7 Å². The van der Waals surface area contributed by atoms with Gasteiger partial charge >= 0.3 is 0 Å². The van der Waals surface area contributed by atoms with Gasteiger partial charge < -0.3 is 20.6 Å². The summed E-state index contributed by atoms with van der Waals surface area (Å²) in [6.45, 7) is 1.93. The van der Waals surface area contributed by atoms with Gasteiger partial charge in [0.15, 0.2) is 0 Å². The zero-order chi connectivity index (χ0) is 23.2. The third kappa shape index (κ3) is 4.59. The minimum absolute atomic E-state index is 0.0194. The van der Waals surface area contributed by atoms with Crippen molar-refractivity contribution in [2.24, 2.45) is 17.8 Å². The highest BCUT2D eigenvalue weighted by Crippen LogP contribution is 2.55. The van der Waals surface area contributed by atoms with E-state index in [1.165, 1.54) is 26.2 Å². The van der Waals surface area contributed by atoms with Crippen molar-refractivity contribution in [1.29, 1.82) is 0 Å². The summed E-state index contributed by atoms with van der Waals surface area (Å²) in [5.74, 6) is 1.88. The zero-order valence-corrected chi connectivity index (χ0v) is 19.4. The van der Waals surface area contributed by atoms with E-state index < -0.39 is 12.1 Å². The summed E-state index contributed by atoms with van der Waals surface area (Å²) in [5, 5.41) is 15.8. The molecule has 1 aromatic carbocycles. The minimum Gasteiger partial charge on any atom is -0.508 e. The number of nitrogens with zero attached hydrogens (tertiary/aromatic N) is 1. The Morgan fingerprint density at radius 1 is 1.06 bits per heavy atom. The van der Waals surface area contributed by atoms with Crippen LogP contribution in [-0.2, 0) is 20.8 Å². The Morgan fingerprint density at radius 3 is 2.24 bits per heavy atom. The second kappa shape index (κ2) is 8.65. The van der Waals surface area contributed by atoms with Gasteiger partial charge in [-0.25, -0.2) is 0 Å². The largest absolute Gasteiger partial charge is 0.508 e. The van der Waals surface area contributed by atoms with Gasteiger partial charge in [-0.1, -0.05) is 12.1 Å². The number of hydrogen-bond acceptors (Lipinski definition) is 4. The van der Waals surface area contributed by atoms with Crippen LogP contribution in [0.3, 0.4) is 0 Å². The van der Waals surface area contributed by atoms with Crippen LogP contribution in [0.1, 0.15) is 63.9 Å². The van der Waals surface area contributed by atoms with E-state index in [4.69, 9.17) is 0 Å². The Labute approximate surface area is 195 Å². The Kier molecular flexibility index (Phi) is 5.83. The quantitative estimate of drug-likeness (QED) is 0.616. The molecule has 0 unspecified atom stereocenters. The van der Waals surface area contributed by atoms with Gasteiger partial charge in [-0.05, 0) is 86.8 Å². The fourth-order valence-electron chi connectivity index (χ4n) is 7.42. The number of phenols is 1. The highest BCUT2D eigenvalue weighted by atomic mass is 16.3. The number of carbonyl (C=O) groups is 3. The van der Waals surface area contributed by atoms with Gasteiger partial charge in [0.25, 0.3) is 0 Å². The SMILES string of the molecule is CC(=O)N[C@@H](Cc1ccc(O)cc1)C(=O)N1CCC[C@@H]1C(=O)NC12CC3CC(CC(C3)C1)C2. The van der Waals surface area contributed by atoms with E-state index in [0.717, 1.165) is 49.0 Å². The highest BCUT2D eigenvalue weighted by molar-refractivity contribution is 5.92. The normalized spacial score (nSPS) is 33.1. The average molecular weight is 454 g/mol. The molecule has 1 aromatic rings. The molecule has 0 aromatic heterocycles. The summed E-state index contributed by atoms with van der Waals surface area (Å²) in [6, 6.07) is 5.43. The first-order chi connectivity index (χ1) is 15.8. The van der Waals surface area contributed by atoms with Crippen molar-refractivity contribution in [2.75, 3.05) is 6.54 Å². The molecule has 7 nitrogen and oxygen atoms in total. The number of amides is 3. The van der Waals surface area contributed by atoms with Gasteiger partial charge in [0, 0.05) is 25.4 Å². The first-order valence-electron chi connectivity index (χ1n) is 12.5. The molecule has 1 heterocycles. The van der Waals surface area contributed by atoms with Crippen LogP contribution in [0.4, 0.5) is 0 Å². The van der Waals surface area contributed by atoms with Crippen LogP contribution in [0, 0.1) is 17.8 Å². The van der Waals surface area contributed by atoms with Crippen molar-refractivity contribution in [3.8, 4) is 5.75 Å². The standard InChI is InChI=1S/C26H35N3O4/c1-16(30)27-22(12-17-4-6-21(31)7-5-17)25(33)29-8-2-3-23(29)24(32)28-26-13-18-9-19(14-26)11-20(10-18)15-26/h4-7,18-20,22-23,31H,2-3,8-15H2,1H3,(H,27,30)(H,28,32)/t18?,19?,20?,22-,23+,26?/m0/s1. The number of nitrogens with one attached hydrogen (secondary N) is 2. The molecule has 3 N–H and O–H groups in total. The predicted octanol–water partition coefficient (Wildman–Crippen LogP) is 2.52. The molecule has 178 valence electrons. The van der Waals surface area contributed by atoms with Crippen molar-refractivity contribution in [2.45, 2.75) is 82.3 Å². The molecule has 3 amide bonds. The molecule has 0 spiro atoms. The lowest BCUT2D eigenvalue weighted by Crippen LogP contribution is -2.63. The molecule has 33 heavy (non-hydrogen) atoms. The van der Waals surface area contributed by atoms with E-state index in [1.807, 2.05) is 0 Å². The lowest BCUT2D eigenvalue weighted by molar-refractivity contribution is -0.143. The maximum Gasteiger partial charge on any atom is 0.246 e. The summed E-state index contributed by atoms with van der Waals surface area (Å²) < 4.78 is 0. The van der Waals surface area contributed by atoms with E-state index >= 15 is 0 Å². The van der Waals surface area contributed by atoms with Crippen LogP contribution in [0.15, 0.2) is 24.3 Å². The first-order valence-corrected chi connectivity index (χ1v) is 12.5. The molecule has 4 aliphatic carbocycles. The van der Waals surface area contributed by atoms with Crippen molar-refractivity contribution in [3.05, 3.63) is 29.8 Å². The summed E-state index contributed by atoms with van der Waals surface area (Å²) in [7, 11) is 0. The van der Waals surface area contributed by atoms with Crippen LogP contribution >= 0.6 is 0 Å². The monoisotopic (exact) mass is 453 g/mol. The highest BCUT2D eigenvalue weighted by Gasteiger charge is 2.52. The Bertz CT molecular complexity index is 893. The van der Waals surface area contributed by atoms with E-state index in [2.05, 4.69) is 10.6 Å². The van der Waals surface area contributed by atoms with Crippen molar-refractivity contribution >= 4 is 17.7 Å². The smallest absolute Gasteiger partial charge is 0.246 e. The van der Waals surface area contributed by atoms with Crippen LogP contribution in [0.2, 0.25) is 0 Å². The summed E-state index contributed by atoms with van der Waals surface area (Å²) in [6.07, 6.45) is 8.98. The maximum atomic E-state index is 13.5. The molecule has 4 bridgehead atoms. The number of phenolic OH excluding ortho intramolecular Hbond substituents is 1. The van der Waals surface area contributed by atoms with E-state index in [1.54, 1.807) is 29.2 Å². The maximum absolute atomic E-state index is 13.5. The van der Waals surface area contributed by atoms with Crippen LogP contribution in [0.25, 0.3) is 0 Å². The lowest BCUT2D eigenvalue weighted by Gasteiger charge is -2.57. The Balaban J connectivity index is 1.29. The molecule has 2 atom stereocenters. The number of likely N-dealkylation sites (tertiary alicyclic amines) is 1. The molecule has 1 aliphatic heterocycles. The number of benzene rings is 1. The van der Waals surface area contributed by atoms with Gasteiger partial charge in [-0.2, -0.15) is 0 Å². The van der Waals surface area contributed by atoms with Gasteiger partial charge in [-0.15, -0.1) is 0 Å². The molecular weight excluding hydrogens is 418 g/mol. The van der Waals surface area contributed by atoms with Crippen LogP contribution < -0.4 is 10.6 Å². The second-order valence-corrected chi connectivity index (χ2v) is 11.0. The number of carbonyl (C=O) groups excluding carboxylic acids is 3. The van der Waals surface area contributed by atoms with E-state index in [0.29, 0.717) is 19.4 Å². The summed E-state index contributed by atoms with van der Waals surface area (Å²) in [4.78, 5) is 40.5. The Morgan fingerprint density at radius 2 is 1.67 bits per heavy atom. The van der Waals surface area contributed by atoms with Crippen molar-refractivity contribution in [1.82, 2.24) is 15.5 Å². The zero-order valence-electron chi connectivity index (χ0n) is 19.4.